The van der Waals surface area contributed by atoms with Crippen LogP contribution >= 0.6 is 0 Å². The second-order valence-electron chi connectivity index (χ2n) is 5.16. The van der Waals surface area contributed by atoms with Gasteiger partial charge in [0, 0.05) is 18.0 Å². The highest BCUT2D eigenvalue weighted by atomic mass is 16.5. The minimum Gasteiger partial charge on any atom is -0.497 e. The van der Waals surface area contributed by atoms with Gasteiger partial charge in [0.25, 0.3) is 11.8 Å². The fourth-order valence-electron chi connectivity index (χ4n) is 2.11. The van der Waals surface area contributed by atoms with Crippen molar-refractivity contribution in [2.24, 2.45) is 0 Å². The SMILES string of the molecule is COc1cccc(C(=O)Nc2ccc(NC(=O)c3cnccn3)cn2)c1. The lowest BCUT2D eigenvalue weighted by Gasteiger charge is -2.07. The minimum atomic E-state index is -0.395. The Balaban J connectivity index is 1.64. The number of carbonyl (C=O) groups is 2. The molecule has 0 aliphatic heterocycles. The number of benzene rings is 1. The van der Waals surface area contributed by atoms with Crippen LogP contribution < -0.4 is 15.4 Å². The molecule has 0 saturated carbocycles. The normalized spacial score (nSPS) is 10.0. The number of hydrogen-bond acceptors (Lipinski definition) is 6. The third kappa shape index (κ3) is 4.18. The van der Waals surface area contributed by atoms with Crippen molar-refractivity contribution in [3.05, 3.63) is 72.4 Å². The zero-order chi connectivity index (χ0) is 18.4. The van der Waals surface area contributed by atoms with E-state index in [1.807, 2.05) is 0 Å². The molecule has 0 radical (unpaired) electrons. The molecule has 130 valence electrons. The number of pyridine rings is 1. The van der Waals surface area contributed by atoms with Crippen LogP contribution in [0.15, 0.2) is 61.2 Å². The molecule has 2 heterocycles. The zero-order valence-corrected chi connectivity index (χ0v) is 13.8. The van der Waals surface area contributed by atoms with E-state index in [4.69, 9.17) is 4.74 Å². The summed E-state index contributed by atoms with van der Waals surface area (Å²) in [7, 11) is 1.53. The second-order valence-corrected chi connectivity index (χ2v) is 5.16. The van der Waals surface area contributed by atoms with Gasteiger partial charge in [0.2, 0.25) is 0 Å². The first-order valence-electron chi connectivity index (χ1n) is 7.64. The van der Waals surface area contributed by atoms with Crippen LogP contribution in [0.2, 0.25) is 0 Å². The quantitative estimate of drug-likeness (QED) is 0.732. The third-order valence-electron chi connectivity index (χ3n) is 3.39. The first kappa shape index (κ1) is 17.0. The Morgan fingerprint density at radius 1 is 0.962 bits per heavy atom. The number of nitrogens with zero attached hydrogens (tertiary/aromatic N) is 3. The summed E-state index contributed by atoms with van der Waals surface area (Å²) in [4.78, 5) is 36.1. The van der Waals surface area contributed by atoms with Gasteiger partial charge in [-0.3, -0.25) is 14.6 Å². The number of hydrogen-bond donors (Lipinski definition) is 2. The largest absolute Gasteiger partial charge is 0.497 e. The van der Waals surface area contributed by atoms with Gasteiger partial charge in [-0.05, 0) is 30.3 Å². The van der Waals surface area contributed by atoms with Gasteiger partial charge in [-0.15, -0.1) is 0 Å². The highest BCUT2D eigenvalue weighted by Crippen LogP contribution is 2.15. The Kier molecular flexibility index (Phi) is 5.14. The summed E-state index contributed by atoms with van der Waals surface area (Å²) in [6.45, 7) is 0. The van der Waals surface area contributed by atoms with Gasteiger partial charge < -0.3 is 15.4 Å². The molecule has 3 aromatic rings. The van der Waals surface area contributed by atoms with Crippen LogP contribution in [0.4, 0.5) is 11.5 Å². The lowest BCUT2D eigenvalue weighted by Crippen LogP contribution is -2.15. The van der Waals surface area contributed by atoms with Crippen molar-refractivity contribution in [2.75, 3.05) is 17.7 Å². The van der Waals surface area contributed by atoms with E-state index in [1.165, 1.54) is 31.9 Å². The van der Waals surface area contributed by atoms with Crippen molar-refractivity contribution in [3.63, 3.8) is 0 Å². The molecule has 0 spiro atoms. The summed E-state index contributed by atoms with van der Waals surface area (Å²) in [6, 6.07) is 10.0. The predicted octanol–water partition coefficient (Wildman–Crippen LogP) is 2.38. The minimum absolute atomic E-state index is 0.197. The Morgan fingerprint density at radius 2 is 1.85 bits per heavy atom. The van der Waals surface area contributed by atoms with E-state index in [9.17, 15) is 9.59 Å². The van der Waals surface area contributed by atoms with Crippen LogP contribution in [-0.2, 0) is 0 Å². The lowest BCUT2D eigenvalue weighted by atomic mass is 10.2. The molecule has 0 fully saturated rings. The first-order valence-corrected chi connectivity index (χ1v) is 7.64. The van der Waals surface area contributed by atoms with Gasteiger partial charge in [0.1, 0.15) is 17.3 Å². The molecule has 0 aliphatic carbocycles. The molecule has 2 amide bonds. The summed E-state index contributed by atoms with van der Waals surface area (Å²) < 4.78 is 5.10. The molecule has 2 aromatic heterocycles. The molecule has 0 atom stereocenters. The van der Waals surface area contributed by atoms with Crippen LogP contribution in [-0.4, -0.2) is 33.9 Å². The van der Waals surface area contributed by atoms with Crippen molar-refractivity contribution >= 4 is 23.3 Å². The van der Waals surface area contributed by atoms with Crippen LogP contribution in [0.25, 0.3) is 0 Å². The highest BCUT2D eigenvalue weighted by molar-refractivity contribution is 6.04. The van der Waals surface area contributed by atoms with Crippen molar-refractivity contribution in [2.45, 2.75) is 0 Å². The highest BCUT2D eigenvalue weighted by Gasteiger charge is 2.10. The summed E-state index contributed by atoms with van der Waals surface area (Å²) in [5.41, 5.74) is 1.12. The number of aromatic nitrogens is 3. The van der Waals surface area contributed by atoms with Gasteiger partial charge in [-0.1, -0.05) is 6.07 Å². The van der Waals surface area contributed by atoms with Crippen molar-refractivity contribution < 1.29 is 14.3 Å². The van der Waals surface area contributed by atoms with Gasteiger partial charge in [0.15, 0.2) is 0 Å². The molecule has 26 heavy (non-hydrogen) atoms. The van der Waals surface area contributed by atoms with E-state index in [0.717, 1.165) is 0 Å². The lowest BCUT2D eigenvalue weighted by molar-refractivity contribution is 0.101. The van der Waals surface area contributed by atoms with E-state index in [1.54, 1.807) is 36.4 Å². The number of anilines is 2. The zero-order valence-electron chi connectivity index (χ0n) is 13.8. The molecular formula is C18H15N5O3. The predicted molar refractivity (Wildman–Crippen MR) is 95.2 cm³/mol. The first-order chi connectivity index (χ1) is 12.7. The molecule has 0 unspecified atom stereocenters. The average Bonchev–Trinajstić information content (AvgIpc) is 2.70. The molecular weight excluding hydrogens is 334 g/mol. The number of nitrogens with one attached hydrogen (secondary N) is 2. The molecule has 8 nitrogen and oxygen atoms in total. The summed E-state index contributed by atoms with van der Waals surface area (Å²) in [5.74, 6) is 0.240. The van der Waals surface area contributed by atoms with Gasteiger partial charge in [-0.25, -0.2) is 9.97 Å². The number of amides is 2. The number of rotatable bonds is 5. The van der Waals surface area contributed by atoms with E-state index in [0.29, 0.717) is 22.8 Å². The van der Waals surface area contributed by atoms with Crippen molar-refractivity contribution in [1.29, 1.82) is 0 Å². The van der Waals surface area contributed by atoms with Crippen LogP contribution in [0, 0.1) is 0 Å². The van der Waals surface area contributed by atoms with E-state index >= 15 is 0 Å². The van der Waals surface area contributed by atoms with Crippen LogP contribution in [0.3, 0.4) is 0 Å². The topological polar surface area (TPSA) is 106 Å². The third-order valence-corrected chi connectivity index (χ3v) is 3.39. The molecule has 0 saturated heterocycles. The monoisotopic (exact) mass is 349 g/mol. The maximum atomic E-state index is 12.2. The van der Waals surface area contributed by atoms with E-state index < -0.39 is 5.91 Å². The second kappa shape index (κ2) is 7.84. The summed E-state index contributed by atoms with van der Waals surface area (Å²) >= 11 is 0. The standard InChI is InChI=1S/C18H15N5O3/c1-26-14-4-2-3-12(9-14)17(24)23-16-6-5-13(10-21-16)22-18(25)15-11-19-7-8-20-15/h2-11H,1H3,(H,22,25)(H,21,23,24). The fraction of sp³-hybridized carbons (Fsp3) is 0.0556. The van der Waals surface area contributed by atoms with Gasteiger partial charge in [-0.2, -0.15) is 0 Å². The number of methoxy groups -OCH3 is 1. The fourth-order valence-corrected chi connectivity index (χ4v) is 2.11. The Bertz CT molecular complexity index is 914. The molecule has 0 aliphatic rings. The maximum absolute atomic E-state index is 12.2. The van der Waals surface area contributed by atoms with Crippen LogP contribution in [0.1, 0.15) is 20.8 Å². The molecule has 1 aromatic carbocycles. The van der Waals surface area contributed by atoms with E-state index in [2.05, 4.69) is 25.6 Å². The van der Waals surface area contributed by atoms with Gasteiger partial charge >= 0.3 is 0 Å². The van der Waals surface area contributed by atoms with Gasteiger partial charge in [0.05, 0.1) is 25.2 Å². The molecule has 3 rings (SSSR count). The smallest absolute Gasteiger partial charge is 0.275 e. The van der Waals surface area contributed by atoms with Crippen molar-refractivity contribution in [3.8, 4) is 5.75 Å². The maximum Gasteiger partial charge on any atom is 0.275 e. The van der Waals surface area contributed by atoms with Crippen LogP contribution in [0.5, 0.6) is 5.75 Å². The van der Waals surface area contributed by atoms with E-state index in [-0.39, 0.29) is 11.6 Å². The average molecular weight is 349 g/mol. The summed E-state index contributed by atoms with van der Waals surface area (Å²) in [5, 5.41) is 5.33. The Labute approximate surface area is 149 Å². The number of carbonyl (C=O) groups excluding carboxylic acids is 2. The Morgan fingerprint density at radius 3 is 2.54 bits per heavy atom. The summed E-state index contributed by atoms with van der Waals surface area (Å²) in [6.07, 6.45) is 5.73. The Hall–Kier alpha value is -3.81. The molecule has 0 bridgehead atoms. The molecule has 2 N–H and O–H groups in total. The number of ether oxygens (including phenoxy) is 1. The van der Waals surface area contributed by atoms with Crippen molar-refractivity contribution in [1.82, 2.24) is 15.0 Å². The molecule has 8 heteroatoms.